The molecule has 1 unspecified atom stereocenters. The van der Waals surface area contributed by atoms with E-state index in [0.717, 1.165) is 34.5 Å². The van der Waals surface area contributed by atoms with Crippen molar-refractivity contribution in [2.45, 2.75) is 12.2 Å². The highest BCUT2D eigenvalue weighted by Crippen LogP contribution is 2.40. The van der Waals surface area contributed by atoms with Crippen LogP contribution in [0.15, 0.2) is 24.3 Å². The Morgan fingerprint density at radius 1 is 1.26 bits per heavy atom. The van der Waals surface area contributed by atoms with Gasteiger partial charge in [0, 0.05) is 17.7 Å². The average Bonchev–Trinajstić information content (AvgIpc) is 2.74. The molecule has 0 amide bonds. The smallest absolute Gasteiger partial charge is 0.323 e. The molecule has 0 bridgehead atoms. The van der Waals surface area contributed by atoms with Crippen molar-refractivity contribution >= 4 is 17.7 Å². The molecule has 0 aliphatic carbocycles. The molecular weight excluding hydrogens is 328 g/mol. The van der Waals surface area contributed by atoms with Gasteiger partial charge in [0.1, 0.15) is 16.9 Å². The van der Waals surface area contributed by atoms with Gasteiger partial charge in [-0.05, 0) is 25.3 Å². The van der Waals surface area contributed by atoms with Gasteiger partial charge in [0.05, 0.1) is 12.3 Å². The molecule has 0 saturated heterocycles. The predicted molar refractivity (Wildman–Crippen MR) is 81.9 cm³/mol. The van der Waals surface area contributed by atoms with E-state index in [0.29, 0.717) is 6.07 Å². The highest BCUT2D eigenvalue weighted by atomic mass is 32.2. The van der Waals surface area contributed by atoms with Crippen molar-refractivity contribution in [2.24, 2.45) is 0 Å². The van der Waals surface area contributed by atoms with Gasteiger partial charge >= 0.3 is 5.97 Å². The third kappa shape index (κ3) is 3.42. The first-order valence-electron chi connectivity index (χ1n) is 6.68. The van der Waals surface area contributed by atoms with Crippen molar-refractivity contribution in [1.82, 2.24) is 4.57 Å². The Hall–Kier alpha value is -2.22. The van der Waals surface area contributed by atoms with E-state index >= 15 is 0 Å². The summed E-state index contributed by atoms with van der Waals surface area (Å²) in [5.74, 6) is -3.25. The Kier molecular flexibility index (Phi) is 5.15. The van der Waals surface area contributed by atoms with Crippen molar-refractivity contribution < 1.29 is 28.5 Å². The van der Waals surface area contributed by atoms with Crippen LogP contribution in [0.5, 0.6) is 11.8 Å². The molecule has 0 aliphatic rings. The quantitative estimate of drug-likeness (QED) is 0.816. The maximum absolute atomic E-state index is 13.3. The molecule has 1 aromatic carbocycles. The molecule has 5 nitrogen and oxygen atoms in total. The zero-order chi connectivity index (χ0) is 17.1. The predicted octanol–water partition coefficient (Wildman–Crippen LogP) is 3.13. The van der Waals surface area contributed by atoms with Crippen LogP contribution < -0.4 is 0 Å². The minimum atomic E-state index is -0.875. The number of hydrogen-bond donors (Lipinski definition) is 2. The first-order valence-corrected chi connectivity index (χ1v) is 7.97. The molecule has 1 aromatic heterocycles. The van der Waals surface area contributed by atoms with Gasteiger partial charge in [0.25, 0.3) is 0 Å². The lowest BCUT2D eigenvalue weighted by Crippen LogP contribution is -2.12. The summed E-state index contributed by atoms with van der Waals surface area (Å²) in [6, 6.07) is 3.73. The fourth-order valence-corrected chi connectivity index (χ4v) is 2.88. The second-order valence-electron chi connectivity index (χ2n) is 4.61. The third-order valence-electron chi connectivity index (χ3n) is 3.11. The zero-order valence-electron chi connectivity index (χ0n) is 12.4. The average molecular weight is 343 g/mol. The minimum absolute atomic E-state index is 0.0955. The lowest BCUT2D eigenvalue weighted by molar-refractivity contribution is -0.142. The molecule has 0 radical (unpaired) electrons. The summed E-state index contributed by atoms with van der Waals surface area (Å²) in [4.78, 5) is 11.9. The lowest BCUT2D eigenvalue weighted by Gasteiger charge is -2.13. The van der Waals surface area contributed by atoms with Gasteiger partial charge in [0.2, 0.25) is 5.88 Å². The maximum Gasteiger partial charge on any atom is 0.323 e. The first-order chi connectivity index (χ1) is 10.9. The van der Waals surface area contributed by atoms with E-state index < -0.39 is 34.6 Å². The van der Waals surface area contributed by atoms with Gasteiger partial charge in [-0.25, -0.2) is 8.78 Å². The summed E-state index contributed by atoms with van der Waals surface area (Å²) >= 11 is 1.10. The van der Waals surface area contributed by atoms with Gasteiger partial charge in [0.15, 0.2) is 5.88 Å². The van der Waals surface area contributed by atoms with E-state index in [2.05, 4.69) is 0 Å². The monoisotopic (exact) mass is 343 g/mol. The number of aromatic nitrogens is 1. The number of halogens is 2. The topological polar surface area (TPSA) is 71.7 Å². The molecular formula is C15H15F2NO4S. The van der Waals surface area contributed by atoms with E-state index in [4.69, 9.17) is 4.74 Å². The fraction of sp³-hybridized carbons (Fsp3) is 0.267. The zero-order valence-corrected chi connectivity index (χ0v) is 13.2. The summed E-state index contributed by atoms with van der Waals surface area (Å²) in [7, 11) is 0. The van der Waals surface area contributed by atoms with E-state index in [1.54, 1.807) is 13.2 Å². The van der Waals surface area contributed by atoms with Crippen LogP contribution in [-0.4, -0.2) is 33.6 Å². The largest absolute Gasteiger partial charge is 0.494 e. The van der Waals surface area contributed by atoms with E-state index in [-0.39, 0.29) is 17.9 Å². The summed E-state index contributed by atoms with van der Waals surface area (Å²) in [5.41, 5.74) is -0.00872. The highest BCUT2D eigenvalue weighted by molar-refractivity contribution is 7.99. The molecule has 0 saturated carbocycles. The summed E-state index contributed by atoms with van der Waals surface area (Å²) in [6.45, 7) is 1.81. The van der Waals surface area contributed by atoms with Crippen LogP contribution >= 0.6 is 11.8 Å². The van der Waals surface area contributed by atoms with E-state index in [1.807, 2.05) is 0 Å². The summed E-state index contributed by atoms with van der Waals surface area (Å²) in [5, 5.41) is 19.4. The molecule has 8 heteroatoms. The maximum atomic E-state index is 13.3. The Morgan fingerprint density at radius 2 is 1.87 bits per heavy atom. The number of esters is 1. The van der Waals surface area contributed by atoms with Crippen LogP contribution in [0.4, 0.5) is 8.78 Å². The van der Waals surface area contributed by atoms with Crippen LogP contribution in [0.25, 0.3) is 5.69 Å². The number of rotatable bonds is 5. The number of hydrogen-bond acceptors (Lipinski definition) is 5. The standard InChI is InChI=1S/C15H15F2NO4S/c1-3-22-15(21)13(23-2)11-7-12(19)18(14(11)20)10-5-8(16)4-9(17)6-10/h4-7,13,19-20H,3H2,1-2H3. The number of carbonyl (C=O) groups is 1. The number of ether oxygens (including phenoxy) is 1. The van der Waals surface area contributed by atoms with Gasteiger partial charge in [-0.1, -0.05) is 0 Å². The van der Waals surface area contributed by atoms with E-state index in [1.165, 1.54) is 0 Å². The molecule has 0 fully saturated rings. The number of aromatic hydroxyl groups is 2. The Bertz CT molecular complexity index is 712. The number of thioether (sulfide) groups is 1. The second kappa shape index (κ2) is 6.91. The highest BCUT2D eigenvalue weighted by Gasteiger charge is 2.28. The van der Waals surface area contributed by atoms with Crippen LogP contribution in [0.2, 0.25) is 0 Å². The summed E-state index contributed by atoms with van der Waals surface area (Å²) < 4.78 is 32.5. The molecule has 0 aliphatic heterocycles. The van der Waals surface area contributed by atoms with Crippen molar-refractivity contribution in [3.8, 4) is 17.4 Å². The van der Waals surface area contributed by atoms with Gasteiger partial charge in [-0.3, -0.25) is 9.36 Å². The summed E-state index contributed by atoms with van der Waals surface area (Å²) in [6.07, 6.45) is 1.64. The molecule has 2 N–H and O–H groups in total. The lowest BCUT2D eigenvalue weighted by atomic mass is 10.2. The van der Waals surface area contributed by atoms with Crippen LogP contribution in [0.1, 0.15) is 17.7 Å². The molecule has 2 rings (SSSR count). The van der Waals surface area contributed by atoms with Crippen molar-refractivity contribution in [3.63, 3.8) is 0 Å². The number of benzene rings is 1. The Labute approximate surface area is 135 Å². The Balaban J connectivity index is 2.52. The first kappa shape index (κ1) is 17.1. The number of carbonyl (C=O) groups excluding carboxylic acids is 1. The molecule has 124 valence electrons. The van der Waals surface area contributed by atoms with Crippen molar-refractivity contribution in [2.75, 3.05) is 12.9 Å². The minimum Gasteiger partial charge on any atom is -0.494 e. The number of nitrogens with zero attached hydrogens (tertiary/aromatic N) is 1. The van der Waals surface area contributed by atoms with Crippen LogP contribution in [0, 0.1) is 11.6 Å². The van der Waals surface area contributed by atoms with Crippen LogP contribution in [-0.2, 0) is 9.53 Å². The van der Waals surface area contributed by atoms with Gasteiger partial charge in [-0.15, -0.1) is 11.8 Å². The van der Waals surface area contributed by atoms with Gasteiger partial charge < -0.3 is 14.9 Å². The van der Waals surface area contributed by atoms with Crippen LogP contribution in [0.3, 0.4) is 0 Å². The fourth-order valence-electron chi connectivity index (χ4n) is 2.19. The normalized spacial score (nSPS) is 12.2. The molecule has 1 atom stereocenters. The van der Waals surface area contributed by atoms with Crippen molar-refractivity contribution in [3.05, 3.63) is 41.5 Å². The molecule has 23 heavy (non-hydrogen) atoms. The molecule has 0 spiro atoms. The Morgan fingerprint density at radius 3 is 2.39 bits per heavy atom. The SMILES string of the molecule is CCOC(=O)C(SC)c1cc(O)n(-c2cc(F)cc(F)c2)c1O. The second-order valence-corrected chi connectivity index (χ2v) is 5.56. The molecule has 2 aromatic rings. The van der Waals surface area contributed by atoms with Crippen molar-refractivity contribution in [1.29, 1.82) is 0 Å². The third-order valence-corrected chi connectivity index (χ3v) is 4.03. The van der Waals surface area contributed by atoms with Gasteiger partial charge in [-0.2, -0.15) is 0 Å². The van der Waals surface area contributed by atoms with E-state index in [9.17, 15) is 23.8 Å². The molecule has 1 heterocycles.